The maximum atomic E-state index is 12.7. The van der Waals surface area contributed by atoms with Gasteiger partial charge in [-0.1, -0.05) is 41.9 Å². The molecule has 3 rings (SSSR count). The molecule has 2 aromatic carbocycles. The van der Waals surface area contributed by atoms with Crippen LogP contribution in [0, 0.1) is 0 Å². The Bertz CT molecular complexity index is 890. The lowest BCUT2D eigenvalue weighted by Crippen LogP contribution is -2.36. The molecular weight excluding hydrogens is 296 g/mol. The van der Waals surface area contributed by atoms with Crippen molar-refractivity contribution < 1.29 is 0 Å². The number of halogens is 1. The first-order valence-corrected chi connectivity index (χ1v) is 7.54. The molecule has 22 heavy (non-hydrogen) atoms. The van der Waals surface area contributed by atoms with Crippen molar-refractivity contribution in [1.29, 1.82) is 0 Å². The highest BCUT2D eigenvalue weighted by atomic mass is 35.5. The van der Waals surface area contributed by atoms with Gasteiger partial charge >= 0.3 is 0 Å². The number of fused-ring (bicyclic) bond motifs is 1. The zero-order valence-corrected chi connectivity index (χ0v) is 13.6. The zero-order valence-electron chi connectivity index (χ0n) is 12.8. The van der Waals surface area contributed by atoms with E-state index in [2.05, 4.69) is 5.10 Å². The molecule has 1 aromatic heterocycles. The highest BCUT2D eigenvalue weighted by molar-refractivity contribution is 6.30. The first-order chi connectivity index (χ1) is 10.4. The van der Waals surface area contributed by atoms with Crippen LogP contribution in [0.4, 0.5) is 0 Å². The third-order valence-electron chi connectivity index (χ3n) is 3.56. The molecular formula is C18H17ClN2O. The molecule has 0 saturated carbocycles. The fourth-order valence-corrected chi connectivity index (χ4v) is 2.59. The van der Waals surface area contributed by atoms with Gasteiger partial charge < -0.3 is 0 Å². The van der Waals surface area contributed by atoms with E-state index in [0.717, 1.165) is 16.6 Å². The fourth-order valence-electron chi connectivity index (χ4n) is 2.47. The van der Waals surface area contributed by atoms with Gasteiger partial charge in [0.15, 0.2) is 0 Å². The Balaban J connectivity index is 2.41. The highest BCUT2D eigenvalue weighted by Crippen LogP contribution is 2.27. The van der Waals surface area contributed by atoms with Crippen molar-refractivity contribution in [3.8, 4) is 11.3 Å². The first-order valence-electron chi connectivity index (χ1n) is 7.16. The molecule has 0 aliphatic rings. The summed E-state index contributed by atoms with van der Waals surface area (Å²) in [6.45, 7) is 5.92. The van der Waals surface area contributed by atoms with E-state index in [9.17, 15) is 4.79 Å². The van der Waals surface area contributed by atoms with Gasteiger partial charge in [-0.15, -0.1) is 0 Å². The van der Waals surface area contributed by atoms with Gasteiger partial charge in [0.05, 0.1) is 16.6 Å². The minimum Gasteiger partial charge on any atom is -0.267 e. The second-order valence-corrected chi connectivity index (χ2v) is 6.73. The van der Waals surface area contributed by atoms with Gasteiger partial charge in [0, 0.05) is 16.0 Å². The van der Waals surface area contributed by atoms with Crippen molar-refractivity contribution >= 4 is 22.4 Å². The molecule has 0 aliphatic heterocycles. The van der Waals surface area contributed by atoms with Crippen LogP contribution in [0.2, 0.25) is 5.02 Å². The normalized spacial score (nSPS) is 11.8. The van der Waals surface area contributed by atoms with Crippen molar-refractivity contribution in [1.82, 2.24) is 9.78 Å². The molecule has 0 fully saturated rings. The van der Waals surface area contributed by atoms with Crippen LogP contribution in [-0.4, -0.2) is 9.78 Å². The smallest absolute Gasteiger partial charge is 0.267 e. The molecule has 1 heterocycles. The molecule has 3 aromatic rings. The quantitative estimate of drug-likeness (QED) is 0.664. The standard InChI is InChI=1S/C18H17ClN2O/c1-18(2,3)21-17(22)15-7-5-4-6-14(15)16(20-21)12-8-10-13(19)11-9-12/h4-11H,1-3H3. The number of aromatic nitrogens is 2. The lowest BCUT2D eigenvalue weighted by atomic mass is 10.0. The summed E-state index contributed by atoms with van der Waals surface area (Å²) in [7, 11) is 0. The lowest BCUT2D eigenvalue weighted by molar-refractivity contribution is 0.342. The van der Waals surface area contributed by atoms with Crippen molar-refractivity contribution in [2.24, 2.45) is 0 Å². The van der Waals surface area contributed by atoms with E-state index in [1.54, 1.807) is 4.68 Å². The summed E-state index contributed by atoms with van der Waals surface area (Å²) >= 11 is 5.97. The first kappa shape index (κ1) is 14.8. The van der Waals surface area contributed by atoms with E-state index in [4.69, 9.17) is 11.6 Å². The molecule has 0 N–H and O–H groups in total. The second kappa shape index (κ2) is 5.25. The molecule has 0 bridgehead atoms. The Morgan fingerprint density at radius 1 is 0.955 bits per heavy atom. The van der Waals surface area contributed by atoms with Crippen LogP contribution < -0.4 is 5.56 Å². The Kier molecular flexibility index (Phi) is 3.53. The number of hydrogen-bond acceptors (Lipinski definition) is 2. The summed E-state index contributed by atoms with van der Waals surface area (Å²) in [5, 5.41) is 6.85. The van der Waals surface area contributed by atoms with Gasteiger partial charge in [-0.2, -0.15) is 5.10 Å². The zero-order chi connectivity index (χ0) is 15.9. The van der Waals surface area contributed by atoms with E-state index >= 15 is 0 Å². The average Bonchev–Trinajstić information content (AvgIpc) is 2.48. The van der Waals surface area contributed by atoms with Gasteiger partial charge in [0.2, 0.25) is 0 Å². The summed E-state index contributed by atoms with van der Waals surface area (Å²) in [4.78, 5) is 12.7. The number of nitrogens with zero attached hydrogens (tertiary/aromatic N) is 2. The van der Waals surface area contributed by atoms with Crippen molar-refractivity contribution in [2.45, 2.75) is 26.3 Å². The van der Waals surface area contributed by atoms with Crippen LogP contribution in [0.15, 0.2) is 53.3 Å². The molecule has 0 spiro atoms. The van der Waals surface area contributed by atoms with Crippen molar-refractivity contribution in [3.63, 3.8) is 0 Å². The molecule has 3 nitrogen and oxygen atoms in total. The van der Waals surface area contributed by atoms with Gasteiger partial charge in [-0.25, -0.2) is 4.68 Å². The second-order valence-electron chi connectivity index (χ2n) is 6.29. The van der Waals surface area contributed by atoms with Crippen LogP contribution in [0.3, 0.4) is 0 Å². The summed E-state index contributed by atoms with van der Waals surface area (Å²) in [5.41, 5.74) is 1.28. The summed E-state index contributed by atoms with van der Waals surface area (Å²) < 4.78 is 1.55. The SMILES string of the molecule is CC(C)(C)n1nc(-c2ccc(Cl)cc2)c2ccccc2c1=O. The van der Waals surface area contributed by atoms with Gasteiger partial charge in [0.1, 0.15) is 0 Å². The van der Waals surface area contributed by atoms with Crippen molar-refractivity contribution in [2.75, 3.05) is 0 Å². The van der Waals surface area contributed by atoms with E-state index < -0.39 is 0 Å². The molecule has 0 unspecified atom stereocenters. The lowest BCUT2D eigenvalue weighted by Gasteiger charge is -2.22. The number of benzene rings is 2. The summed E-state index contributed by atoms with van der Waals surface area (Å²) in [6.07, 6.45) is 0. The van der Waals surface area contributed by atoms with E-state index in [1.807, 2.05) is 69.3 Å². The van der Waals surface area contributed by atoms with Crippen LogP contribution in [-0.2, 0) is 5.54 Å². The maximum Gasteiger partial charge on any atom is 0.275 e. The minimum absolute atomic E-state index is 0.0687. The van der Waals surface area contributed by atoms with E-state index in [-0.39, 0.29) is 11.1 Å². The molecule has 4 heteroatoms. The van der Waals surface area contributed by atoms with Crippen molar-refractivity contribution in [3.05, 3.63) is 63.9 Å². The largest absolute Gasteiger partial charge is 0.275 e. The van der Waals surface area contributed by atoms with E-state index in [1.165, 1.54) is 0 Å². The molecule has 0 aliphatic carbocycles. The predicted molar refractivity (Wildman–Crippen MR) is 91.4 cm³/mol. The number of rotatable bonds is 1. The number of hydrogen-bond donors (Lipinski definition) is 0. The van der Waals surface area contributed by atoms with Crippen LogP contribution >= 0.6 is 11.6 Å². The fraction of sp³-hybridized carbons (Fsp3) is 0.222. The third kappa shape index (κ3) is 2.53. The molecule has 0 atom stereocenters. The summed E-state index contributed by atoms with van der Waals surface area (Å²) in [5.74, 6) is 0. The van der Waals surface area contributed by atoms with E-state index in [0.29, 0.717) is 10.4 Å². The molecule has 0 radical (unpaired) electrons. The predicted octanol–water partition coefficient (Wildman–Crippen LogP) is 4.47. The Hall–Kier alpha value is -2.13. The topological polar surface area (TPSA) is 34.9 Å². The van der Waals surface area contributed by atoms with Crippen LogP contribution in [0.1, 0.15) is 20.8 Å². The Morgan fingerprint density at radius 2 is 1.55 bits per heavy atom. The Morgan fingerprint density at radius 3 is 2.14 bits per heavy atom. The summed E-state index contributed by atoms with van der Waals surface area (Å²) in [6, 6.07) is 15.1. The molecule has 0 amide bonds. The minimum atomic E-state index is -0.387. The van der Waals surface area contributed by atoms with Gasteiger partial charge in [-0.05, 0) is 39.0 Å². The average molecular weight is 313 g/mol. The maximum absolute atomic E-state index is 12.7. The van der Waals surface area contributed by atoms with Gasteiger partial charge in [0.25, 0.3) is 5.56 Å². The highest BCUT2D eigenvalue weighted by Gasteiger charge is 2.20. The molecule has 112 valence electrons. The van der Waals surface area contributed by atoms with Crippen LogP contribution in [0.25, 0.3) is 22.0 Å². The van der Waals surface area contributed by atoms with Gasteiger partial charge in [-0.3, -0.25) is 4.79 Å². The van der Waals surface area contributed by atoms with Crippen LogP contribution in [0.5, 0.6) is 0 Å². The molecule has 0 saturated heterocycles. The Labute approximate surface area is 134 Å². The monoisotopic (exact) mass is 312 g/mol. The third-order valence-corrected chi connectivity index (χ3v) is 3.81.